The number of fused-ring (bicyclic) bond motifs is 1. The van der Waals surface area contributed by atoms with E-state index in [9.17, 15) is 13.2 Å². The zero-order valence-corrected chi connectivity index (χ0v) is 19.1. The smallest absolute Gasteiger partial charge is 0.264 e. The van der Waals surface area contributed by atoms with Crippen LogP contribution in [0.15, 0.2) is 53.4 Å². The number of nitrogens with one attached hydrogen (secondary N) is 1. The van der Waals surface area contributed by atoms with Gasteiger partial charge in [-0.15, -0.1) is 11.3 Å². The molecular formula is C22H26N2O4S2. The molecule has 0 saturated heterocycles. The quantitative estimate of drug-likeness (QED) is 0.546. The molecule has 0 aliphatic heterocycles. The Morgan fingerprint density at radius 1 is 1.13 bits per heavy atom. The van der Waals surface area contributed by atoms with Crippen molar-refractivity contribution >= 4 is 43.0 Å². The topological polar surface area (TPSA) is 75.7 Å². The minimum atomic E-state index is -3.72. The molecule has 3 rings (SSSR count). The fraction of sp³-hybridized carbons (Fsp3) is 0.318. The maximum atomic E-state index is 13.2. The molecule has 1 atom stereocenters. The largest absolute Gasteiger partial charge is 0.497 e. The summed E-state index contributed by atoms with van der Waals surface area (Å²) < 4.78 is 33.8. The minimum absolute atomic E-state index is 0.100. The number of sulfonamides is 1. The molecular weight excluding hydrogens is 420 g/mol. The van der Waals surface area contributed by atoms with Crippen LogP contribution >= 0.6 is 11.3 Å². The standard InChI is InChI=1S/C22H26N2O4S2/c1-5-15(3)23-22(25)21-14-16-13-17(7-12-20(16)29-21)24(6-2)30(26,27)19-10-8-18(28-4)9-11-19/h7-15H,5-6H2,1-4H3,(H,23,25)/t15-/m1/s1. The number of methoxy groups -OCH3 is 1. The van der Waals surface area contributed by atoms with Crippen LogP contribution in [0.25, 0.3) is 10.1 Å². The van der Waals surface area contributed by atoms with Crippen LogP contribution in [0.3, 0.4) is 0 Å². The highest BCUT2D eigenvalue weighted by atomic mass is 32.2. The molecule has 0 saturated carbocycles. The lowest BCUT2D eigenvalue weighted by molar-refractivity contribution is 0.0943. The van der Waals surface area contributed by atoms with Crippen LogP contribution in [0, 0.1) is 0 Å². The Bertz CT molecular complexity index is 1140. The van der Waals surface area contributed by atoms with Gasteiger partial charge in [0.1, 0.15) is 5.75 Å². The highest BCUT2D eigenvalue weighted by molar-refractivity contribution is 7.92. The first kappa shape index (κ1) is 22.1. The van der Waals surface area contributed by atoms with Gasteiger partial charge < -0.3 is 10.1 Å². The van der Waals surface area contributed by atoms with Gasteiger partial charge in [0.25, 0.3) is 15.9 Å². The summed E-state index contributed by atoms with van der Waals surface area (Å²) in [5, 5.41) is 3.81. The van der Waals surface area contributed by atoms with Gasteiger partial charge in [-0.2, -0.15) is 0 Å². The van der Waals surface area contributed by atoms with Gasteiger partial charge in [-0.05, 0) is 74.2 Å². The maximum absolute atomic E-state index is 13.2. The van der Waals surface area contributed by atoms with E-state index in [4.69, 9.17) is 4.74 Å². The second-order valence-electron chi connectivity index (χ2n) is 6.96. The highest BCUT2D eigenvalue weighted by Gasteiger charge is 2.24. The van der Waals surface area contributed by atoms with E-state index < -0.39 is 10.0 Å². The molecule has 1 heterocycles. The number of ether oxygens (including phenoxy) is 1. The number of nitrogens with zero attached hydrogens (tertiary/aromatic N) is 1. The number of hydrogen-bond acceptors (Lipinski definition) is 5. The number of hydrogen-bond donors (Lipinski definition) is 1. The van der Waals surface area contributed by atoms with E-state index >= 15 is 0 Å². The Morgan fingerprint density at radius 3 is 2.43 bits per heavy atom. The van der Waals surface area contributed by atoms with Crippen molar-refractivity contribution in [2.24, 2.45) is 0 Å². The summed E-state index contributed by atoms with van der Waals surface area (Å²) in [4.78, 5) is 13.3. The van der Waals surface area contributed by atoms with Gasteiger partial charge in [0.05, 0.1) is 22.6 Å². The zero-order valence-electron chi connectivity index (χ0n) is 17.5. The SMILES string of the molecule is CC[C@@H](C)NC(=O)c1cc2cc(N(CC)S(=O)(=O)c3ccc(OC)cc3)ccc2s1. The van der Waals surface area contributed by atoms with Crippen LogP contribution in [-0.4, -0.2) is 34.0 Å². The van der Waals surface area contributed by atoms with Crippen molar-refractivity contribution in [3.63, 3.8) is 0 Å². The predicted octanol–water partition coefficient (Wildman–Crippen LogP) is 4.65. The third kappa shape index (κ3) is 4.44. The van der Waals surface area contributed by atoms with Gasteiger partial charge in [0, 0.05) is 17.3 Å². The molecule has 0 aliphatic rings. The molecule has 3 aromatic rings. The van der Waals surface area contributed by atoms with Crippen LogP contribution in [-0.2, 0) is 10.0 Å². The van der Waals surface area contributed by atoms with Gasteiger partial charge in [0.15, 0.2) is 0 Å². The van der Waals surface area contributed by atoms with E-state index in [1.165, 1.54) is 34.9 Å². The lowest BCUT2D eigenvalue weighted by Crippen LogP contribution is -2.31. The van der Waals surface area contributed by atoms with Gasteiger partial charge >= 0.3 is 0 Å². The number of rotatable bonds is 8. The van der Waals surface area contributed by atoms with Gasteiger partial charge in [0.2, 0.25) is 0 Å². The lowest BCUT2D eigenvalue weighted by atomic mass is 10.2. The number of anilines is 1. The predicted molar refractivity (Wildman–Crippen MR) is 122 cm³/mol. The monoisotopic (exact) mass is 446 g/mol. The summed E-state index contributed by atoms with van der Waals surface area (Å²) in [6.45, 7) is 6.06. The molecule has 0 fully saturated rings. The van der Waals surface area contributed by atoms with Crippen molar-refractivity contribution in [2.75, 3.05) is 18.0 Å². The number of carbonyl (C=O) groups is 1. The van der Waals surface area contributed by atoms with Gasteiger partial charge in [-0.3, -0.25) is 9.10 Å². The van der Waals surface area contributed by atoms with Crippen LogP contribution in [0.2, 0.25) is 0 Å². The Labute approximate surface area is 181 Å². The number of thiophene rings is 1. The van der Waals surface area contributed by atoms with Crippen LogP contribution < -0.4 is 14.4 Å². The molecule has 1 aromatic heterocycles. The Kier molecular flexibility index (Phi) is 6.67. The summed E-state index contributed by atoms with van der Waals surface area (Å²) >= 11 is 1.40. The summed E-state index contributed by atoms with van der Waals surface area (Å²) in [5.74, 6) is 0.491. The van der Waals surface area contributed by atoms with E-state index in [1.807, 2.05) is 32.0 Å². The van der Waals surface area contributed by atoms with Gasteiger partial charge in [-0.1, -0.05) is 6.92 Å². The van der Waals surface area contributed by atoms with Crippen molar-refractivity contribution < 1.29 is 17.9 Å². The van der Waals surface area contributed by atoms with Crippen molar-refractivity contribution in [1.29, 1.82) is 0 Å². The van der Waals surface area contributed by atoms with E-state index in [2.05, 4.69) is 5.32 Å². The molecule has 160 valence electrons. The summed E-state index contributed by atoms with van der Waals surface area (Å²) in [6, 6.07) is 13.7. The average Bonchev–Trinajstić information content (AvgIpc) is 3.17. The molecule has 30 heavy (non-hydrogen) atoms. The molecule has 0 unspecified atom stereocenters. The van der Waals surface area contributed by atoms with Crippen LogP contribution in [0.4, 0.5) is 5.69 Å². The fourth-order valence-electron chi connectivity index (χ4n) is 3.06. The minimum Gasteiger partial charge on any atom is -0.497 e. The first-order chi connectivity index (χ1) is 14.3. The fourth-order valence-corrected chi connectivity index (χ4v) is 5.47. The Hall–Kier alpha value is -2.58. The average molecular weight is 447 g/mol. The number of carbonyl (C=O) groups excluding carboxylic acids is 1. The summed E-state index contributed by atoms with van der Waals surface area (Å²) in [6.07, 6.45) is 0.857. The van der Waals surface area contributed by atoms with Crippen molar-refractivity contribution in [3.8, 4) is 5.75 Å². The third-order valence-corrected chi connectivity index (χ3v) is 7.97. The molecule has 2 aromatic carbocycles. The highest BCUT2D eigenvalue weighted by Crippen LogP contribution is 2.32. The molecule has 0 aliphatic carbocycles. The van der Waals surface area contributed by atoms with E-state index in [0.717, 1.165) is 16.5 Å². The molecule has 1 N–H and O–H groups in total. The van der Waals surface area contributed by atoms with Crippen LogP contribution in [0.5, 0.6) is 5.75 Å². The molecule has 0 spiro atoms. The molecule has 0 radical (unpaired) electrons. The number of amides is 1. The first-order valence-electron chi connectivity index (χ1n) is 9.81. The molecule has 6 nitrogen and oxygen atoms in total. The summed E-state index contributed by atoms with van der Waals surface area (Å²) in [7, 11) is -2.19. The molecule has 8 heteroatoms. The van der Waals surface area contributed by atoms with Crippen molar-refractivity contribution in [2.45, 2.75) is 38.1 Å². The first-order valence-corrected chi connectivity index (χ1v) is 12.1. The van der Waals surface area contributed by atoms with E-state index in [-0.39, 0.29) is 23.4 Å². The Morgan fingerprint density at radius 2 is 1.83 bits per heavy atom. The summed E-state index contributed by atoms with van der Waals surface area (Å²) in [5.41, 5.74) is 0.563. The molecule has 1 amide bonds. The second kappa shape index (κ2) is 9.06. The maximum Gasteiger partial charge on any atom is 0.264 e. The number of benzene rings is 2. The van der Waals surface area contributed by atoms with Crippen molar-refractivity contribution in [1.82, 2.24) is 5.32 Å². The van der Waals surface area contributed by atoms with E-state index in [1.54, 1.807) is 25.1 Å². The second-order valence-corrected chi connectivity index (χ2v) is 9.91. The molecule has 0 bridgehead atoms. The lowest BCUT2D eigenvalue weighted by Gasteiger charge is -2.23. The van der Waals surface area contributed by atoms with E-state index in [0.29, 0.717) is 16.3 Å². The van der Waals surface area contributed by atoms with Crippen LogP contribution in [0.1, 0.15) is 36.9 Å². The van der Waals surface area contributed by atoms with Crippen molar-refractivity contribution in [3.05, 3.63) is 53.4 Å². The third-order valence-electron chi connectivity index (χ3n) is 4.94. The Balaban J connectivity index is 1.94. The normalized spacial score (nSPS) is 12.5. The van der Waals surface area contributed by atoms with Gasteiger partial charge in [-0.25, -0.2) is 8.42 Å². The zero-order chi connectivity index (χ0) is 21.9.